The molecule has 0 heterocycles. The third-order valence-corrected chi connectivity index (χ3v) is 3.18. The predicted molar refractivity (Wildman–Crippen MR) is 79.1 cm³/mol. The molecule has 17 heavy (non-hydrogen) atoms. The molecule has 0 spiro atoms. The first-order valence-electron chi connectivity index (χ1n) is 5.92. The summed E-state index contributed by atoms with van der Waals surface area (Å²) in [7, 11) is 0. The average molecular weight is 277 g/mol. The highest BCUT2D eigenvalue weighted by Crippen LogP contribution is 2.17. The summed E-state index contributed by atoms with van der Waals surface area (Å²) in [6.45, 7) is 0.977. The van der Waals surface area contributed by atoms with Crippen molar-refractivity contribution in [2.45, 2.75) is 44.7 Å². The molecule has 98 valence electrons. The van der Waals surface area contributed by atoms with Gasteiger partial charge in [-0.25, -0.2) is 0 Å². The first kappa shape index (κ1) is 16.6. The minimum absolute atomic E-state index is 0. The van der Waals surface area contributed by atoms with E-state index in [-0.39, 0.29) is 24.8 Å². The molecule has 1 aromatic rings. The smallest absolute Gasteiger partial charge is 0.0314 e. The number of halogens is 2. The summed E-state index contributed by atoms with van der Waals surface area (Å²) in [5.41, 5.74) is 7.82. The Morgan fingerprint density at radius 1 is 1.00 bits per heavy atom. The van der Waals surface area contributed by atoms with Gasteiger partial charge in [0, 0.05) is 18.3 Å². The van der Waals surface area contributed by atoms with Crippen molar-refractivity contribution >= 4 is 30.5 Å². The fourth-order valence-electron chi connectivity index (χ4n) is 2.20. The van der Waals surface area contributed by atoms with Crippen molar-refractivity contribution in [1.82, 2.24) is 5.32 Å². The maximum Gasteiger partial charge on any atom is 0.0314 e. The van der Waals surface area contributed by atoms with E-state index < -0.39 is 0 Å². The Labute approximate surface area is 116 Å². The minimum Gasteiger partial charge on any atom is -0.399 e. The summed E-state index contributed by atoms with van der Waals surface area (Å²) >= 11 is 0. The van der Waals surface area contributed by atoms with Crippen LogP contribution in [0.2, 0.25) is 0 Å². The number of rotatable bonds is 3. The normalized spacial score (nSPS) is 15.8. The molecule has 0 aromatic heterocycles. The maximum absolute atomic E-state index is 5.65. The molecular weight excluding hydrogens is 255 g/mol. The molecule has 0 bridgehead atoms. The van der Waals surface area contributed by atoms with Crippen LogP contribution in [0.4, 0.5) is 5.69 Å². The number of benzene rings is 1. The van der Waals surface area contributed by atoms with Crippen molar-refractivity contribution in [3.8, 4) is 0 Å². The van der Waals surface area contributed by atoms with Crippen LogP contribution in [0.25, 0.3) is 0 Å². The minimum atomic E-state index is 0. The molecular formula is C13H22Cl2N2. The van der Waals surface area contributed by atoms with Crippen molar-refractivity contribution < 1.29 is 0 Å². The summed E-state index contributed by atoms with van der Waals surface area (Å²) in [6.07, 6.45) is 6.88. The molecule has 3 N–H and O–H groups in total. The average Bonchev–Trinajstić information content (AvgIpc) is 2.30. The molecule has 2 rings (SSSR count). The van der Waals surface area contributed by atoms with E-state index in [0.29, 0.717) is 0 Å². The zero-order valence-corrected chi connectivity index (χ0v) is 11.7. The van der Waals surface area contributed by atoms with E-state index in [0.717, 1.165) is 18.3 Å². The lowest BCUT2D eigenvalue weighted by atomic mass is 9.95. The van der Waals surface area contributed by atoms with Gasteiger partial charge in [-0.05, 0) is 30.5 Å². The molecule has 0 saturated heterocycles. The van der Waals surface area contributed by atoms with Crippen molar-refractivity contribution in [3.05, 3.63) is 29.8 Å². The zero-order chi connectivity index (χ0) is 10.5. The Kier molecular flexibility index (Phi) is 8.40. The topological polar surface area (TPSA) is 38.0 Å². The molecule has 1 aliphatic rings. The second-order valence-corrected chi connectivity index (χ2v) is 4.46. The highest BCUT2D eigenvalue weighted by atomic mass is 35.5. The molecule has 1 aliphatic carbocycles. The van der Waals surface area contributed by atoms with Gasteiger partial charge in [0.05, 0.1) is 0 Å². The summed E-state index contributed by atoms with van der Waals surface area (Å²) in [5.74, 6) is 0. The molecule has 0 radical (unpaired) electrons. The van der Waals surface area contributed by atoms with Crippen LogP contribution >= 0.6 is 24.8 Å². The maximum atomic E-state index is 5.65. The van der Waals surface area contributed by atoms with Crippen LogP contribution in [0.3, 0.4) is 0 Å². The Morgan fingerprint density at radius 3 is 2.18 bits per heavy atom. The fourth-order valence-corrected chi connectivity index (χ4v) is 2.20. The number of anilines is 1. The van der Waals surface area contributed by atoms with Crippen LogP contribution < -0.4 is 11.1 Å². The van der Waals surface area contributed by atoms with Gasteiger partial charge in [0.25, 0.3) is 0 Å². The molecule has 1 aromatic carbocycles. The zero-order valence-electron chi connectivity index (χ0n) is 10.0. The third-order valence-electron chi connectivity index (χ3n) is 3.18. The van der Waals surface area contributed by atoms with Gasteiger partial charge in [-0.15, -0.1) is 24.8 Å². The summed E-state index contributed by atoms with van der Waals surface area (Å²) in [6, 6.07) is 8.88. The number of hydrogen-bond donors (Lipinski definition) is 2. The summed E-state index contributed by atoms with van der Waals surface area (Å²) < 4.78 is 0. The van der Waals surface area contributed by atoms with E-state index in [4.69, 9.17) is 5.73 Å². The van der Waals surface area contributed by atoms with E-state index in [2.05, 4.69) is 17.4 Å². The van der Waals surface area contributed by atoms with Crippen molar-refractivity contribution in [1.29, 1.82) is 0 Å². The van der Waals surface area contributed by atoms with Gasteiger partial charge < -0.3 is 11.1 Å². The Bertz CT molecular complexity index is 295. The first-order valence-corrected chi connectivity index (χ1v) is 5.92. The molecule has 2 nitrogen and oxygen atoms in total. The lowest BCUT2D eigenvalue weighted by Gasteiger charge is -2.22. The predicted octanol–water partition coefficient (Wildman–Crippen LogP) is 3.53. The third kappa shape index (κ3) is 5.62. The first-order chi connectivity index (χ1) is 7.34. The van der Waals surface area contributed by atoms with E-state index in [1.165, 1.54) is 37.7 Å². The second kappa shape index (κ2) is 8.62. The standard InChI is InChI=1S/C13H20N2.2ClH/c14-12-8-6-11(7-9-12)10-15-13-4-2-1-3-5-13;;/h6-9,13,15H,1-5,10,14H2;2*1H. The Hall–Kier alpha value is -0.440. The number of nitrogens with two attached hydrogens (primary N) is 1. The monoisotopic (exact) mass is 276 g/mol. The number of nitrogens with one attached hydrogen (secondary N) is 1. The number of hydrogen-bond acceptors (Lipinski definition) is 2. The van der Waals surface area contributed by atoms with Crippen LogP contribution in [-0.4, -0.2) is 6.04 Å². The SMILES string of the molecule is Cl.Cl.Nc1ccc(CNC2CCCCC2)cc1. The van der Waals surface area contributed by atoms with Gasteiger partial charge in [0.1, 0.15) is 0 Å². The quantitative estimate of drug-likeness (QED) is 0.829. The van der Waals surface area contributed by atoms with E-state index in [1.54, 1.807) is 0 Å². The van der Waals surface area contributed by atoms with E-state index in [1.807, 2.05) is 12.1 Å². The molecule has 4 heteroatoms. The van der Waals surface area contributed by atoms with Crippen molar-refractivity contribution in [2.24, 2.45) is 0 Å². The van der Waals surface area contributed by atoms with Crippen LogP contribution in [0.1, 0.15) is 37.7 Å². The summed E-state index contributed by atoms with van der Waals surface area (Å²) in [4.78, 5) is 0. The van der Waals surface area contributed by atoms with Crippen LogP contribution in [0, 0.1) is 0 Å². The Balaban J connectivity index is 0.00000128. The van der Waals surface area contributed by atoms with Crippen LogP contribution in [0.5, 0.6) is 0 Å². The van der Waals surface area contributed by atoms with E-state index in [9.17, 15) is 0 Å². The van der Waals surface area contributed by atoms with Gasteiger partial charge in [0.15, 0.2) is 0 Å². The molecule has 1 fully saturated rings. The highest BCUT2D eigenvalue weighted by Gasteiger charge is 2.11. The van der Waals surface area contributed by atoms with E-state index >= 15 is 0 Å². The second-order valence-electron chi connectivity index (χ2n) is 4.46. The number of nitrogen functional groups attached to an aromatic ring is 1. The largest absolute Gasteiger partial charge is 0.399 e. The lowest BCUT2D eigenvalue weighted by molar-refractivity contribution is 0.372. The molecule has 0 aliphatic heterocycles. The summed E-state index contributed by atoms with van der Waals surface area (Å²) in [5, 5.41) is 3.62. The van der Waals surface area contributed by atoms with Gasteiger partial charge in [0.2, 0.25) is 0 Å². The highest BCUT2D eigenvalue weighted by molar-refractivity contribution is 5.85. The van der Waals surface area contributed by atoms with Gasteiger partial charge in [-0.1, -0.05) is 31.4 Å². The molecule has 0 amide bonds. The Morgan fingerprint density at radius 2 is 1.59 bits per heavy atom. The van der Waals surface area contributed by atoms with Gasteiger partial charge in [-0.3, -0.25) is 0 Å². The fraction of sp³-hybridized carbons (Fsp3) is 0.538. The molecule has 0 unspecified atom stereocenters. The van der Waals surface area contributed by atoms with Crippen LogP contribution in [-0.2, 0) is 6.54 Å². The van der Waals surface area contributed by atoms with Crippen molar-refractivity contribution in [3.63, 3.8) is 0 Å². The van der Waals surface area contributed by atoms with Gasteiger partial charge in [-0.2, -0.15) is 0 Å². The lowest BCUT2D eigenvalue weighted by Crippen LogP contribution is -2.30. The molecule has 0 atom stereocenters. The van der Waals surface area contributed by atoms with Gasteiger partial charge >= 0.3 is 0 Å². The molecule has 1 saturated carbocycles. The van der Waals surface area contributed by atoms with Crippen LogP contribution in [0.15, 0.2) is 24.3 Å². The van der Waals surface area contributed by atoms with Crippen molar-refractivity contribution in [2.75, 3.05) is 5.73 Å².